The van der Waals surface area contributed by atoms with Crippen molar-refractivity contribution >= 4 is 27.5 Å². The largest absolute Gasteiger partial charge is 0.485 e. The molecule has 0 saturated heterocycles. The monoisotopic (exact) mass is 431 g/mol. The van der Waals surface area contributed by atoms with Crippen LogP contribution in [0.1, 0.15) is 37.9 Å². The van der Waals surface area contributed by atoms with Crippen LogP contribution in [0, 0.1) is 11.3 Å². The Balaban J connectivity index is 2.27. The summed E-state index contributed by atoms with van der Waals surface area (Å²) in [6.45, 7) is 4.76. The third-order valence-electron chi connectivity index (χ3n) is 4.46. The van der Waals surface area contributed by atoms with Gasteiger partial charge in [0, 0.05) is 23.2 Å². The lowest BCUT2D eigenvalue weighted by Gasteiger charge is -2.42. The number of anilines is 1. The lowest BCUT2D eigenvalue weighted by Crippen LogP contribution is -2.52. The minimum absolute atomic E-state index is 0.0892. The van der Waals surface area contributed by atoms with E-state index in [0.717, 1.165) is 0 Å². The second-order valence-electron chi connectivity index (χ2n) is 6.93. The van der Waals surface area contributed by atoms with E-state index in [4.69, 9.17) is 4.74 Å². The Morgan fingerprint density at radius 2 is 2.11 bits per heavy atom. The van der Waals surface area contributed by atoms with Crippen LogP contribution in [0.15, 0.2) is 39.7 Å². The van der Waals surface area contributed by atoms with E-state index < -0.39 is 23.3 Å². The van der Waals surface area contributed by atoms with E-state index in [0.29, 0.717) is 21.3 Å². The zero-order valence-corrected chi connectivity index (χ0v) is 16.6. The number of carbonyl (C=O) groups is 1. The summed E-state index contributed by atoms with van der Waals surface area (Å²) in [7, 11) is 0. The van der Waals surface area contributed by atoms with Gasteiger partial charge < -0.3 is 19.7 Å². The van der Waals surface area contributed by atoms with Crippen molar-refractivity contribution in [3.63, 3.8) is 0 Å². The van der Waals surface area contributed by atoms with Gasteiger partial charge in [-0.05, 0) is 54.0 Å². The molecule has 1 aromatic carbocycles. The third kappa shape index (κ3) is 3.48. The Morgan fingerprint density at radius 3 is 2.74 bits per heavy atom. The molecule has 3 rings (SSSR count). The molecule has 7 nitrogen and oxygen atoms in total. The average Bonchev–Trinajstić information content (AvgIpc) is 2.58. The summed E-state index contributed by atoms with van der Waals surface area (Å²) in [6, 6.07) is 7.65. The number of halogens is 1. The maximum atomic E-state index is 13.0. The summed E-state index contributed by atoms with van der Waals surface area (Å²) in [5.41, 5.74) is -0.439. The first-order chi connectivity index (χ1) is 12.6. The Labute approximate surface area is 164 Å². The van der Waals surface area contributed by atoms with Gasteiger partial charge in [-0.2, -0.15) is 5.26 Å². The molecular weight excluding hydrogens is 414 g/mol. The lowest BCUT2D eigenvalue weighted by atomic mass is 9.85. The number of amides is 1. The summed E-state index contributed by atoms with van der Waals surface area (Å²) in [5, 5.41) is 22.7. The number of carbonyl (C=O) groups excluding carboxylic acids is 1. The van der Waals surface area contributed by atoms with E-state index in [1.165, 1.54) is 17.6 Å². The van der Waals surface area contributed by atoms with Gasteiger partial charge in [0.1, 0.15) is 23.1 Å². The van der Waals surface area contributed by atoms with Crippen molar-refractivity contribution in [1.29, 1.82) is 5.26 Å². The Bertz CT molecular complexity index is 1020. The van der Waals surface area contributed by atoms with Crippen LogP contribution < -0.4 is 15.6 Å². The highest BCUT2D eigenvalue weighted by atomic mass is 79.9. The van der Waals surface area contributed by atoms with Crippen molar-refractivity contribution < 1.29 is 14.6 Å². The van der Waals surface area contributed by atoms with Crippen LogP contribution in [-0.2, 0) is 4.79 Å². The number of fused-ring (bicyclic) bond motifs is 1. The maximum absolute atomic E-state index is 13.0. The number of ether oxygens (including phenoxy) is 1. The smallest absolute Gasteiger partial charge is 0.275 e. The highest BCUT2D eigenvalue weighted by molar-refractivity contribution is 9.10. The van der Waals surface area contributed by atoms with Gasteiger partial charge in [-0.15, -0.1) is 0 Å². The molecule has 2 heterocycles. The Kier molecular flexibility index (Phi) is 4.84. The molecule has 2 N–H and O–H groups in total. The van der Waals surface area contributed by atoms with E-state index in [9.17, 15) is 20.0 Å². The zero-order chi connectivity index (χ0) is 19.9. The summed E-state index contributed by atoms with van der Waals surface area (Å²) >= 11 is 3.34. The zero-order valence-electron chi connectivity index (χ0n) is 15.0. The second kappa shape index (κ2) is 6.83. The molecule has 2 atom stereocenters. The SMILES string of the molecule is CC(=O)Nc1cc(Br)cn(C2c3cc(C#N)ccc3OC(C)(C)C2O)c1=O. The van der Waals surface area contributed by atoms with Crippen LogP contribution in [0.25, 0.3) is 0 Å². The van der Waals surface area contributed by atoms with Gasteiger partial charge in [0.25, 0.3) is 5.56 Å². The number of aliphatic hydroxyl groups is 1. The van der Waals surface area contributed by atoms with Crippen LogP contribution in [0.4, 0.5) is 5.69 Å². The van der Waals surface area contributed by atoms with Crippen molar-refractivity contribution in [1.82, 2.24) is 4.57 Å². The minimum atomic E-state index is -1.07. The predicted octanol–water partition coefficient (Wildman–Crippen LogP) is 2.56. The molecule has 0 fully saturated rings. The Hall–Kier alpha value is -2.63. The fourth-order valence-electron chi connectivity index (χ4n) is 3.19. The first kappa shape index (κ1) is 19.1. The average molecular weight is 432 g/mol. The van der Waals surface area contributed by atoms with Crippen LogP contribution >= 0.6 is 15.9 Å². The molecule has 0 spiro atoms. The molecule has 0 radical (unpaired) electrons. The van der Waals surface area contributed by atoms with Gasteiger partial charge >= 0.3 is 0 Å². The predicted molar refractivity (Wildman–Crippen MR) is 103 cm³/mol. The number of nitrogens with zero attached hydrogens (tertiary/aromatic N) is 2. The first-order valence-corrected chi connectivity index (χ1v) is 9.04. The molecule has 1 amide bonds. The third-order valence-corrected chi connectivity index (χ3v) is 4.90. The van der Waals surface area contributed by atoms with E-state index in [1.54, 1.807) is 38.2 Å². The molecule has 2 unspecified atom stereocenters. The first-order valence-electron chi connectivity index (χ1n) is 8.24. The topological polar surface area (TPSA) is 104 Å². The van der Waals surface area contributed by atoms with Crippen molar-refractivity contribution in [3.05, 3.63) is 56.4 Å². The maximum Gasteiger partial charge on any atom is 0.275 e. The lowest BCUT2D eigenvalue weighted by molar-refractivity contribution is -0.114. The summed E-state index contributed by atoms with van der Waals surface area (Å²) in [4.78, 5) is 24.4. The molecule has 1 aromatic heterocycles. The molecule has 1 aliphatic heterocycles. The number of benzene rings is 1. The number of rotatable bonds is 2. The van der Waals surface area contributed by atoms with Crippen molar-refractivity contribution in [2.45, 2.75) is 38.5 Å². The number of aromatic nitrogens is 1. The number of nitriles is 1. The molecule has 0 saturated carbocycles. The molecule has 8 heteroatoms. The number of nitrogens with one attached hydrogen (secondary N) is 1. The summed E-state index contributed by atoms with van der Waals surface area (Å²) < 4.78 is 7.80. The summed E-state index contributed by atoms with van der Waals surface area (Å²) in [6.07, 6.45) is 0.474. The molecule has 0 aliphatic carbocycles. The standard InChI is InChI=1S/C19H18BrN3O4/c1-10(24)22-14-7-12(20)9-23(18(14)26)16-13-6-11(8-21)4-5-15(13)27-19(2,3)17(16)25/h4-7,9,16-17,25H,1-3H3,(H,22,24). The number of aliphatic hydroxyl groups excluding tert-OH is 1. The van der Waals surface area contributed by atoms with Gasteiger partial charge in [-0.3, -0.25) is 9.59 Å². The fraction of sp³-hybridized carbons (Fsp3) is 0.316. The van der Waals surface area contributed by atoms with E-state index in [-0.39, 0.29) is 11.6 Å². The van der Waals surface area contributed by atoms with Gasteiger partial charge in [-0.25, -0.2) is 0 Å². The van der Waals surface area contributed by atoms with Gasteiger partial charge in [0.05, 0.1) is 17.7 Å². The molecule has 2 aromatic rings. The van der Waals surface area contributed by atoms with Gasteiger partial charge in [0.2, 0.25) is 5.91 Å². The molecule has 0 bridgehead atoms. The second-order valence-corrected chi connectivity index (χ2v) is 7.84. The molecular formula is C19H18BrN3O4. The van der Waals surface area contributed by atoms with Gasteiger partial charge in [-0.1, -0.05) is 0 Å². The number of hydrogen-bond donors (Lipinski definition) is 2. The summed E-state index contributed by atoms with van der Waals surface area (Å²) in [5.74, 6) is 0.110. The quantitative estimate of drug-likeness (QED) is 0.759. The van der Waals surface area contributed by atoms with Crippen LogP contribution in [-0.4, -0.2) is 27.3 Å². The van der Waals surface area contributed by atoms with Crippen molar-refractivity contribution in [3.8, 4) is 11.8 Å². The van der Waals surface area contributed by atoms with Crippen molar-refractivity contribution in [2.75, 3.05) is 5.32 Å². The van der Waals surface area contributed by atoms with Crippen LogP contribution in [0.3, 0.4) is 0 Å². The van der Waals surface area contributed by atoms with Crippen LogP contribution in [0.5, 0.6) is 5.75 Å². The molecule has 140 valence electrons. The minimum Gasteiger partial charge on any atom is -0.485 e. The highest BCUT2D eigenvalue weighted by Gasteiger charge is 2.44. The normalized spacial score (nSPS) is 20.1. The highest BCUT2D eigenvalue weighted by Crippen LogP contribution is 2.42. The van der Waals surface area contributed by atoms with Crippen molar-refractivity contribution in [2.24, 2.45) is 0 Å². The molecule has 1 aliphatic rings. The Morgan fingerprint density at radius 1 is 1.41 bits per heavy atom. The van der Waals surface area contributed by atoms with E-state index in [2.05, 4.69) is 27.3 Å². The number of hydrogen-bond acceptors (Lipinski definition) is 5. The number of pyridine rings is 1. The molecule has 27 heavy (non-hydrogen) atoms. The fourth-order valence-corrected chi connectivity index (χ4v) is 3.64. The van der Waals surface area contributed by atoms with E-state index >= 15 is 0 Å². The van der Waals surface area contributed by atoms with E-state index in [1.807, 2.05) is 0 Å². The van der Waals surface area contributed by atoms with Gasteiger partial charge in [0.15, 0.2) is 0 Å². The van der Waals surface area contributed by atoms with Crippen LogP contribution in [0.2, 0.25) is 0 Å².